The molecule has 0 aromatic carbocycles. The highest BCUT2D eigenvalue weighted by Gasteiger charge is 2.32. The molecule has 7 nitrogen and oxygen atoms in total. The molecule has 0 aliphatic carbocycles. The second-order valence-electron chi connectivity index (χ2n) is 4.19. The minimum Gasteiger partial charge on any atom is -0.349 e. The number of nitrogens with zero attached hydrogens (tertiary/aromatic N) is 2. The van der Waals surface area contributed by atoms with Gasteiger partial charge in [-0.1, -0.05) is 0 Å². The molecule has 0 bridgehead atoms. The molecule has 0 spiro atoms. The van der Waals surface area contributed by atoms with E-state index in [1.54, 1.807) is 14.1 Å². The molecule has 0 unspecified atom stereocenters. The molecule has 3 amide bonds. The van der Waals surface area contributed by atoms with Gasteiger partial charge in [-0.25, -0.2) is 4.79 Å². The summed E-state index contributed by atoms with van der Waals surface area (Å²) in [6.07, 6.45) is 0.698. The van der Waals surface area contributed by atoms with E-state index < -0.39 is 17.8 Å². The molecule has 0 aromatic heterocycles. The lowest BCUT2D eigenvalue weighted by molar-refractivity contribution is -0.197. The number of hydrogen-bond acceptors (Lipinski definition) is 5. The summed E-state index contributed by atoms with van der Waals surface area (Å²) >= 11 is 0. The van der Waals surface area contributed by atoms with Crippen LogP contribution in [0, 0.1) is 0 Å². The van der Waals surface area contributed by atoms with E-state index in [1.165, 1.54) is 4.90 Å². The lowest BCUT2D eigenvalue weighted by Gasteiger charge is -2.13. The number of imide groups is 1. The van der Waals surface area contributed by atoms with Crippen LogP contribution in [0.3, 0.4) is 0 Å². The first-order chi connectivity index (χ1) is 8.41. The van der Waals surface area contributed by atoms with Gasteiger partial charge in [0.1, 0.15) is 0 Å². The van der Waals surface area contributed by atoms with Crippen LogP contribution in [0.4, 0.5) is 0 Å². The van der Waals surface area contributed by atoms with Crippen LogP contribution < -0.4 is 0 Å². The molecule has 0 N–H and O–H groups in total. The van der Waals surface area contributed by atoms with Gasteiger partial charge < -0.3 is 9.74 Å². The fourth-order valence-corrected chi connectivity index (χ4v) is 1.41. The van der Waals surface area contributed by atoms with Gasteiger partial charge in [-0.05, 0) is 6.42 Å². The highest BCUT2D eigenvalue weighted by molar-refractivity contribution is 6.01. The molecule has 1 aliphatic heterocycles. The molecule has 18 heavy (non-hydrogen) atoms. The Bertz CT molecular complexity index is 362. The van der Waals surface area contributed by atoms with Gasteiger partial charge in [0.15, 0.2) is 0 Å². The Hall–Kier alpha value is -1.92. The van der Waals surface area contributed by atoms with Crippen LogP contribution in [0.1, 0.15) is 32.1 Å². The summed E-state index contributed by atoms with van der Waals surface area (Å²) in [6.45, 7) is 0. The first-order valence-electron chi connectivity index (χ1n) is 5.68. The summed E-state index contributed by atoms with van der Waals surface area (Å²) in [6, 6.07) is 0. The van der Waals surface area contributed by atoms with Gasteiger partial charge in [-0.2, -0.15) is 0 Å². The predicted molar refractivity (Wildman–Crippen MR) is 59.7 cm³/mol. The van der Waals surface area contributed by atoms with Gasteiger partial charge in [0.2, 0.25) is 5.91 Å². The number of rotatable bonds is 5. The van der Waals surface area contributed by atoms with Gasteiger partial charge >= 0.3 is 5.97 Å². The van der Waals surface area contributed by atoms with E-state index >= 15 is 0 Å². The molecule has 1 saturated heterocycles. The summed E-state index contributed by atoms with van der Waals surface area (Å²) in [5, 5.41) is 0.510. The molecular formula is C11H16N2O5. The second kappa shape index (κ2) is 6.13. The summed E-state index contributed by atoms with van der Waals surface area (Å²) in [5.41, 5.74) is 0. The zero-order valence-corrected chi connectivity index (χ0v) is 10.5. The molecule has 7 heteroatoms. The largest absolute Gasteiger partial charge is 0.349 e. The standard InChI is InChI=1S/C11H16N2O5/c1-12(2)8(14)4-3-5-11(17)18-13-9(15)6-7-10(13)16/h3-7H2,1-2H3. The van der Waals surface area contributed by atoms with Crippen molar-refractivity contribution in [2.24, 2.45) is 0 Å². The van der Waals surface area contributed by atoms with Crippen LogP contribution in [-0.2, 0) is 24.0 Å². The minimum absolute atomic E-state index is 0.00333. The first kappa shape index (κ1) is 14.1. The number of carbonyl (C=O) groups is 4. The maximum Gasteiger partial charge on any atom is 0.333 e. The van der Waals surface area contributed by atoms with E-state index in [9.17, 15) is 19.2 Å². The molecule has 1 fully saturated rings. The zero-order chi connectivity index (χ0) is 13.7. The fraction of sp³-hybridized carbons (Fsp3) is 0.636. The van der Waals surface area contributed by atoms with Crippen LogP contribution in [0.25, 0.3) is 0 Å². The van der Waals surface area contributed by atoms with Crippen LogP contribution in [0.5, 0.6) is 0 Å². The summed E-state index contributed by atoms with van der Waals surface area (Å²) in [5.74, 6) is -1.77. The molecular weight excluding hydrogens is 240 g/mol. The third-order valence-electron chi connectivity index (χ3n) is 2.47. The number of amides is 3. The van der Waals surface area contributed by atoms with Gasteiger partial charge in [-0.3, -0.25) is 14.4 Å². The molecule has 0 atom stereocenters. The van der Waals surface area contributed by atoms with E-state index in [-0.39, 0.29) is 31.6 Å². The van der Waals surface area contributed by atoms with E-state index in [1.807, 2.05) is 0 Å². The quantitative estimate of drug-likeness (QED) is 0.639. The molecule has 0 saturated carbocycles. The highest BCUT2D eigenvalue weighted by Crippen LogP contribution is 2.13. The van der Waals surface area contributed by atoms with Crippen molar-refractivity contribution in [3.63, 3.8) is 0 Å². The second-order valence-corrected chi connectivity index (χ2v) is 4.19. The van der Waals surface area contributed by atoms with Crippen molar-refractivity contribution in [1.82, 2.24) is 9.96 Å². The zero-order valence-electron chi connectivity index (χ0n) is 10.5. The predicted octanol–water partition coefficient (Wildman–Crippen LogP) is -0.148. The Labute approximate surface area is 105 Å². The SMILES string of the molecule is CN(C)C(=O)CCCC(=O)ON1C(=O)CCC1=O. The lowest BCUT2D eigenvalue weighted by atomic mass is 10.2. The van der Waals surface area contributed by atoms with Crippen molar-refractivity contribution in [1.29, 1.82) is 0 Å². The van der Waals surface area contributed by atoms with Crippen molar-refractivity contribution in [2.75, 3.05) is 14.1 Å². The summed E-state index contributed by atoms with van der Waals surface area (Å²) < 4.78 is 0. The third-order valence-corrected chi connectivity index (χ3v) is 2.47. The minimum atomic E-state index is -0.676. The molecule has 1 aliphatic rings. The average molecular weight is 256 g/mol. The van der Waals surface area contributed by atoms with Crippen LogP contribution in [0.15, 0.2) is 0 Å². The molecule has 0 aromatic rings. The summed E-state index contributed by atoms with van der Waals surface area (Å²) in [4.78, 5) is 51.0. The average Bonchev–Trinajstić information content (AvgIpc) is 2.60. The normalized spacial score (nSPS) is 14.9. The van der Waals surface area contributed by atoms with Crippen molar-refractivity contribution >= 4 is 23.7 Å². The Morgan fingerprint density at radius 2 is 1.72 bits per heavy atom. The molecule has 1 heterocycles. The third kappa shape index (κ3) is 3.83. The van der Waals surface area contributed by atoms with Gasteiger partial charge in [-0.15, -0.1) is 5.06 Å². The number of hydroxylamine groups is 2. The molecule has 1 rings (SSSR count). The first-order valence-corrected chi connectivity index (χ1v) is 5.68. The smallest absolute Gasteiger partial charge is 0.333 e. The topological polar surface area (TPSA) is 84.0 Å². The maximum atomic E-state index is 11.3. The van der Waals surface area contributed by atoms with Crippen molar-refractivity contribution in [3.05, 3.63) is 0 Å². The van der Waals surface area contributed by atoms with E-state index in [0.29, 0.717) is 11.5 Å². The fourth-order valence-electron chi connectivity index (χ4n) is 1.41. The highest BCUT2D eigenvalue weighted by atomic mass is 16.7. The maximum absolute atomic E-state index is 11.3. The van der Waals surface area contributed by atoms with Gasteiger partial charge in [0.05, 0.1) is 0 Å². The van der Waals surface area contributed by atoms with Crippen molar-refractivity contribution in [2.45, 2.75) is 32.1 Å². The van der Waals surface area contributed by atoms with Gasteiger partial charge in [0.25, 0.3) is 11.8 Å². The Kier molecular flexibility index (Phi) is 4.82. The van der Waals surface area contributed by atoms with Crippen LogP contribution in [-0.4, -0.2) is 47.7 Å². The summed E-state index contributed by atoms with van der Waals surface area (Å²) in [7, 11) is 3.25. The van der Waals surface area contributed by atoms with Gasteiger partial charge in [0, 0.05) is 39.8 Å². The van der Waals surface area contributed by atoms with Crippen LogP contribution >= 0.6 is 0 Å². The van der Waals surface area contributed by atoms with Crippen molar-refractivity contribution in [3.8, 4) is 0 Å². The van der Waals surface area contributed by atoms with E-state index in [4.69, 9.17) is 0 Å². The Morgan fingerprint density at radius 3 is 2.22 bits per heavy atom. The molecule has 100 valence electrons. The van der Waals surface area contributed by atoms with E-state index in [0.717, 1.165) is 0 Å². The Morgan fingerprint density at radius 1 is 1.17 bits per heavy atom. The number of carbonyl (C=O) groups excluding carboxylic acids is 4. The number of hydrogen-bond donors (Lipinski definition) is 0. The molecule has 0 radical (unpaired) electrons. The van der Waals surface area contributed by atoms with Crippen molar-refractivity contribution < 1.29 is 24.0 Å². The van der Waals surface area contributed by atoms with E-state index in [2.05, 4.69) is 4.84 Å². The van der Waals surface area contributed by atoms with Crippen LogP contribution in [0.2, 0.25) is 0 Å². The lowest BCUT2D eigenvalue weighted by Crippen LogP contribution is -2.32. The monoisotopic (exact) mass is 256 g/mol. The Balaban J connectivity index is 2.28.